The maximum atomic E-state index is 12.9. The van der Waals surface area contributed by atoms with Gasteiger partial charge in [0.2, 0.25) is 10.0 Å². The molecule has 0 aromatic heterocycles. The molecule has 1 fully saturated rings. The number of carbonyl (C=O) groups is 1. The summed E-state index contributed by atoms with van der Waals surface area (Å²) < 4.78 is 64.4. The molecule has 11 heteroatoms. The number of nitrogens with two attached hydrogens (primary N) is 1. The summed E-state index contributed by atoms with van der Waals surface area (Å²) in [5.41, 5.74) is 3.62. The van der Waals surface area contributed by atoms with Crippen molar-refractivity contribution in [3.63, 3.8) is 0 Å². The smallest absolute Gasteiger partial charge is 0.372 e. The van der Waals surface area contributed by atoms with Crippen molar-refractivity contribution < 1.29 is 31.5 Å². The third-order valence-electron chi connectivity index (χ3n) is 5.19. The molecular formula is C20H22F3N3O4S. The predicted octanol–water partition coefficient (Wildman–Crippen LogP) is 1.28. The van der Waals surface area contributed by atoms with Crippen molar-refractivity contribution in [2.75, 3.05) is 32.7 Å². The van der Waals surface area contributed by atoms with Crippen LogP contribution in [0.15, 0.2) is 59.5 Å². The van der Waals surface area contributed by atoms with E-state index in [2.05, 4.69) is 0 Å². The van der Waals surface area contributed by atoms with E-state index in [1.54, 1.807) is 18.2 Å². The molecule has 1 unspecified atom stereocenters. The van der Waals surface area contributed by atoms with Gasteiger partial charge in [0.05, 0.1) is 11.4 Å². The Bertz CT molecular complexity index is 1020. The highest BCUT2D eigenvalue weighted by molar-refractivity contribution is 7.89. The molecule has 1 aliphatic rings. The summed E-state index contributed by atoms with van der Waals surface area (Å²) in [6.45, 7) is -1.30. The second-order valence-corrected chi connectivity index (χ2v) is 9.20. The Balaban J connectivity index is 1.80. The molecule has 0 spiro atoms. The number of amides is 1. The third kappa shape index (κ3) is 4.90. The Labute approximate surface area is 177 Å². The number of hydrogen-bond donors (Lipinski definition) is 2. The van der Waals surface area contributed by atoms with Crippen LogP contribution in [0.2, 0.25) is 0 Å². The average Bonchev–Trinajstić information content (AvgIpc) is 2.73. The molecule has 0 saturated carbocycles. The van der Waals surface area contributed by atoms with E-state index < -0.39 is 34.3 Å². The van der Waals surface area contributed by atoms with Gasteiger partial charge < -0.3 is 10.8 Å². The molecule has 0 radical (unpaired) electrons. The van der Waals surface area contributed by atoms with E-state index in [9.17, 15) is 31.5 Å². The summed E-state index contributed by atoms with van der Waals surface area (Å²) in [6, 6.07) is 13.1. The van der Waals surface area contributed by atoms with Crippen LogP contribution in [-0.2, 0) is 20.4 Å². The largest absolute Gasteiger partial charge is 0.401 e. The Morgan fingerprint density at radius 3 is 1.94 bits per heavy atom. The predicted molar refractivity (Wildman–Crippen MR) is 106 cm³/mol. The number of alkyl halides is 3. The normalized spacial score (nSPS) is 18.5. The quantitative estimate of drug-likeness (QED) is 0.680. The highest BCUT2D eigenvalue weighted by atomic mass is 32.2. The minimum absolute atomic E-state index is 0.0355. The Morgan fingerprint density at radius 1 is 0.935 bits per heavy atom. The van der Waals surface area contributed by atoms with E-state index in [1.807, 2.05) is 0 Å². The van der Waals surface area contributed by atoms with Crippen molar-refractivity contribution in [2.24, 2.45) is 5.73 Å². The Hall–Kier alpha value is -2.47. The number of carbonyl (C=O) groups excluding carboxylic acids is 1. The number of hydrogen-bond acceptors (Lipinski definition) is 5. The van der Waals surface area contributed by atoms with Gasteiger partial charge in [-0.1, -0.05) is 42.5 Å². The van der Waals surface area contributed by atoms with Crippen molar-refractivity contribution in [2.45, 2.75) is 16.7 Å². The molecule has 3 rings (SSSR count). The summed E-state index contributed by atoms with van der Waals surface area (Å²) in [5.74, 6) is -1.02. The first-order valence-electron chi connectivity index (χ1n) is 9.42. The lowest BCUT2D eigenvalue weighted by Gasteiger charge is -2.34. The Kier molecular flexibility index (Phi) is 6.42. The zero-order chi connectivity index (χ0) is 22.9. The first kappa shape index (κ1) is 23.2. The van der Waals surface area contributed by atoms with Gasteiger partial charge in [-0.15, -0.1) is 0 Å². The van der Waals surface area contributed by atoms with Gasteiger partial charge in [-0.05, 0) is 23.3 Å². The topological polar surface area (TPSA) is 104 Å². The fraction of sp³-hybridized carbons (Fsp3) is 0.350. The number of nitrogens with zero attached hydrogens (tertiary/aromatic N) is 2. The van der Waals surface area contributed by atoms with E-state index in [-0.39, 0.29) is 42.2 Å². The summed E-state index contributed by atoms with van der Waals surface area (Å²) in [7, 11) is -3.95. The molecule has 1 aliphatic heterocycles. The monoisotopic (exact) mass is 457 g/mol. The highest BCUT2D eigenvalue weighted by Crippen LogP contribution is 2.31. The average molecular weight is 457 g/mol. The van der Waals surface area contributed by atoms with Gasteiger partial charge in [0.25, 0.3) is 5.91 Å². The fourth-order valence-electron chi connectivity index (χ4n) is 3.53. The molecule has 31 heavy (non-hydrogen) atoms. The maximum absolute atomic E-state index is 12.9. The molecular weight excluding hydrogens is 435 g/mol. The molecule has 2 aromatic carbocycles. The van der Waals surface area contributed by atoms with Gasteiger partial charge in [0, 0.05) is 26.2 Å². The van der Waals surface area contributed by atoms with Crippen LogP contribution in [0.4, 0.5) is 13.2 Å². The lowest BCUT2D eigenvalue weighted by molar-refractivity contribution is -0.148. The zero-order valence-corrected chi connectivity index (χ0v) is 17.2. The number of rotatable bonds is 6. The number of piperazine rings is 1. The lowest BCUT2D eigenvalue weighted by atomic mass is 9.86. The first-order valence-corrected chi connectivity index (χ1v) is 10.9. The molecule has 1 saturated heterocycles. The minimum atomic E-state index is -4.34. The van der Waals surface area contributed by atoms with E-state index in [0.29, 0.717) is 0 Å². The summed E-state index contributed by atoms with van der Waals surface area (Å²) in [6.07, 6.45) is -4.34. The molecule has 3 N–H and O–H groups in total. The number of halogens is 3. The van der Waals surface area contributed by atoms with Crippen molar-refractivity contribution in [1.82, 2.24) is 9.21 Å². The molecule has 1 amide bonds. The van der Waals surface area contributed by atoms with Crippen LogP contribution in [0.25, 0.3) is 0 Å². The van der Waals surface area contributed by atoms with E-state index >= 15 is 0 Å². The molecule has 1 heterocycles. The number of aliphatic hydroxyl groups is 1. The number of benzene rings is 2. The lowest BCUT2D eigenvalue weighted by Crippen LogP contribution is -2.50. The summed E-state index contributed by atoms with van der Waals surface area (Å²) in [5, 5.41) is 11.0. The minimum Gasteiger partial charge on any atom is -0.372 e. The van der Waals surface area contributed by atoms with Crippen LogP contribution in [0.5, 0.6) is 0 Å². The summed E-state index contributed by atoms with van der Waals surface area (Å²) >= 11 is 0. The van der Waals surface area contributed by atoms with Gasteiger partial charge in [-0.2, -0.15) is 17.5 Å². The molecule has 1 atom stereocenters. The zero-order valence-electron chi connectivity index (χ0n) is 16.4. The van der Waals surface area contributed by atoms with E-state index in [0.717, 1.165) is 9.21 Å². The molecule has 2 aromatic rings. The van der Waals surface area contributed by atoms with Gasteiger partial charge in [-0.3, -0.25) is 9.69 Å². The van der Waals surface area contributed by atoms with Crippen molar-refractivity contribution >= 4 is 15.9 Å². The van der Waals surface area contributed by atoms with Crippen LogP contribution < -0.4 is 5.73 Å². The van der Waals surface area contributed by atoms with E-state index in [1.165, 1.54) is 36.4 Å². The second-order valence-electron chi connectivity index (χ2n) is 7.26. The fourth-order valence-corrected chi connectivity index (χ4v) is 4.95. The highest BCUT2D eigenvalue weighted by Gasteiger charge is 2.39. The summed E-state index contributed by atoms with van der Waals surface area (Å²) in [4.78, 5) is 13.1. The van der Waals surface area contributed by atoms with Crippen molar-refractivity contribution in [3.8, 4) is 0 Å². The van der Waals surface area contributed by atoms with Crippen molar-refractivity contribution in [1.29, 1.82) is 0 Å². The van der Waals surface area contributed by atoms with Crippen LogP contribution in [-0.4, -0.2) is 67.5 Å². The van der Waals surface area contributed by atoms with Crippen LogP contribution in [0.3, 0.4) is 0 Å². The van der Waals surface area contributed by atoms with E-state index in [4.69, 9.17) is 5.73 Å². The van der Waals surface area contributed by atoms with Crippen LogP contribution in [0, 0.1) is 0 Å². The van der Waals surface area contributed by atoms with Crippen LogP contribution >= 0.6 is 0 Å². The standard InChI is InChI=1S/C20H22F3N3O4S/c21-19(22,23)14-25-10-12-26(13-11-25)31(29,30)17-8-6-16(7-9-17)20(28,18(24)27)15-4-2-1-3-5-15/h1-9,28H,10-14H2,(H2,24,27). The van der Waals surface area contributed by atoms with Gasteiger partial charge in [0.15, 0.2) is 5.60 Å². The molecule has 0 bridgehead atoms. The number of primary amides is 1. The molecule has 7 nitrogen and oxygen atoms in total. The maximum Gasteiger partial charge on any atom is 0.401 e. The SMILES string of the molecule is NC(=O)C(O)(c1ccccc1)c1ccc(S(=O)(=O)N2CCN(CC(F)(F)F)CC2)cc1. The molecule has 168 valence electrons. The van der Waals surface area contributed by atoms with Gasteiger partial charge >= 0.3 is 6.18 Å². The Morgan fingerprint density at radius 2 is 1.45 bits per heavy atom. The number of sulfonamides is 1. The van der Waals surface area contributed by atoms with Gasteiger partial charge in [0.1, 0.15) is 0 Å². The third-order valence-corrected chi connectivity index (χ3v) is 7.11. The van der Waals surface area contributed by atoms with Crippen LogP contribution in [0.1, 0.15) is 11.1 Å². The van der Waals surface area contributed by atoms with Gasteiger partial charge in [-0.25, -0.2) is 8.42 Å². The molecule has 0 aliphatic carbocycles. The first-order chi connectivity index (χ1) is 14.4. The van der Waals surface area contributed by atoms with Crippen molar-refractivity contribution in [3.05, 3.63) is 65.7 Å². The second kappa shape index (κ2) is 8.58.